The van der Waals surface area contributed by atoms with Crippen molar-refractivity contribution in [2.75, 3.05) is 4.43 Å². The van der Waals surface area contributed by atoms with Crippen LogP contribution in [0.25, 0.3) is 0 Å². The summed E-state index contributed by atoms with van der Waals surface area (Å²) < 4.78 is 3.26. The van der Waals surface area contributed by atoms with Gasteiger partial charge in [0.25, 0.3) is 0 Å². The molecule has 0 saturated heterocycles. The van der Waals surface area contributed by atoms with Gasteiger partial charge in [-0.3, -0.25) is 0 Å². The van der Waals surface area contributed by atoms with Crippen LogP contribution in [0.1, 0.15) is 0 Å². The maximum atomic E-state index is 5.69. The number of alkyl halides is 1. The van der Waals surface area contributed by atoms with Gasteiger partial charge >= 0.3 is 0 Å². The summed E-state index contributed by atoms with van der Waals surface area (Å²) in [6.07, 6.45) is 1.93. The summed E-state index contributed by atoms with van der Waals surface area (Å²) in [5.74, 6) is 0. The van der Waals surface area contributed by atoms with E-state index in [9.17, 15) is 0 Å². The van der Waals surface area contributed by atoms with Crippen LogP contribution in [-0.2, 0) is 0 Å². The van der Waals surface area contributed by atoms with E-state index in [1.165, 1.54) is 0 Å². The van der Waals surface area contributed by atoms with Crippen LogP contribution in [0.15, 0.2) is 11.1 Å². The lowest BCUT2D eigenvalue weighted by Crippen LogP contribution is -2.23. The van der Waals surface area contributed by atoms with Gasteiger partial charge in [0.1, 0.15) is 0 Å². The van der Waals surface area contributed by atoms with Gasteiger partial charge in [-0.15, -0.1) is 20.7 Å². The molecule has 0 saturated carbocycles. The third kappa shape index (κ3) is 1.53. The van der Waals surface area contributed by atoms with Crippen molar-refractivity contribution in [2.24, 2.45) is 5.73 Å². The Bertz CT molecular complexity index is 141. The molecule has 0 aromatic carbocycles. The van der Waals surface area contributed by atoms with Crippen molar-refractivity contribution in [3.63, 3.8) is 0 Å². The van der Waals surface area contributed by atoms with Crippen molar-refractivity contribution in [3.8, 4) is 0 Å². The maximum absolute atomic E-state index is 5.69. The molecule has 1 aliphatic rings. The number of hydrogen-bond acceptors (Lipinski definition) is 1. The molecule has 0 radical (unpaired) electrons. The number of rotatable bonds is 0. The van der Waals surface area contributed by atoms with Gasteiger partial charge in [-0.05, 0) is 10.1 Å². The third-order valence-corrected chi connectivity index (χ3v) is 3.65. The van der Waals surface area contributed by atoms with E-state index in [-0.39, 0.29) is 26.8 Å². The fraction of sp³-hybridized carbons (Fsp3) is 0.400. The fourth-order valence-electron chi connectivity index (χ4n) is 0.449. The molecule has 1 aliphatic heterocycles. The zero-order chi connectivity index (χ0) is 5.98. The quantitative estimate of drug-likeness (QED) is 0.502. The first-order valence-corrected chi connectivity index (χ1v) is 5.48. The lowest BCUT2D eigenvalue weighted by atomic mass is 10.3. The molecule has 1 rings (SSSR count). The molecule has 0 fully saturated rings. The fourth-order valence-corrected chi connectivity index (χ4v) is 3.02. The van der Waals surface area contributed by atoms with Crippen LogP contribution in [0, 0.1) is 0 Å². The largest absolute Gasteiger partial charge is 0.323 e. The van der Waals surface area contributed by atoms with Crippen LogP contribution in [0.5, 0.6) is 0 Å². The lowest BCUT2D eigenvalue weighted by molar-refractivity contribution is 0.937. The highest BCUT2D eigenvalue weighted by Gasteiger charge is 2.05. The van der Waals surface area contributed by atoms with Crippen LogP contribution in [0.4, 0.5) is 0 Å². The Morgan fingerprint density at radius 1 is 1.88 bits per heavy atom. The molecule has 1 nitrogen and oxygen atoms in total. The van der Waals surface area contributed by atoms with Crippen molar-refractivity contribution in [1.82, 2.24) is 0 Å². The Balaban J connectivity index is 2.66. The van der Waals surface area contributed by atoms with Gasteiger partial charge in [-0.25, -0.2) is 0 Å². The molecule has 0 bridgehead atoms. The van der Waals surface area contributed by atoms with Crippen LogP contribution < -0.4 is 5.73 Å². The monoisotopic (exact) mass is 243 g/mol. The minimum atomic E-state index is 0.148. The number of hydrogen-bond donors (Lipinski definition) is 1. The molecule has 1 unspecified atom stereocenters. The Morgan fingerprint density at radius 3 is 3.00 bits per heavy atom. The Hall–Kier alpha value is 0.590. The summed E-state index contributed by atoms with van der Waals surface area (Å²) in [5.41, 5.74) is 5.59. The summed E-state index contributed by atoms with van der Waals surface area (Å²) in [5, 5.41) is 0.816. The van der Waals surface area contributed by atoms with Crippen molar-refractivity contribution < 1.29 is 0 Å². The molecule has 2 N–H and O–H groups in total. The van der Waals surface area contributed by atoms with Crippen molar-refractivity contribution in [1.29, 1.82) is 0 Å². The zero-order valence-corrected chi connectivity index (χ0v) is 7.19. The van der Waals surface area contributed by atoms with Crippen LogP contribution in [0.2, 0.25) is 0 Å². The summed E-state index contributed by atoms with van der Waals surface area (Å²) in [6.45, 7) is 0. The van der Waals surface area contributed by atoms with E-state index >= 15 is 0 Å². The van der Waals surface area contributed by atoms with Gasteiger partial charge in [-0.1, -0.05) is 11.6 Å². The molecule has 0 spiro atoms. The van der Waals surface area contributed by atoms with E-state index in [1.54, 1.807) is 0 Å². The molecule has 1 atom stereocenters. The first kappa shape index (κ1) is 6.71. The number of allylic oxidation sites excluding steroid dienone is 1. The number of halogens is 2. The highest BCUT2D eigenvalue weighted by molar-refractivity contribution is 14.2. The molecule has 3 heteroatoms. The molecule has 46 valence electrons. The maximum Gasteiger partial charge on any atom is 0.0490 e. The smallest absolute Gasteiger partial charge is 0.0490 e. The topological polar surface area (TPSA) is 26.0 Å². The highest BCUT2D eigenvalue weighted by atomic mass is 127. The summed E-state index contributed by atoms with van der Waals surface area (Å²) in [7, 11) is 0. The Labute approximate surface area is 63.6 Å². The van der Waals surface area contributed by atoms with E-state index in [0.29, 0.717) is 0 Å². The predicted octanol–water partition coefficient (Wildman–Crippen LogP) is 1.22. The molecule has 0 amide bonds. The molecular formula is C5H7ClIN. The standard InChI is InChI=1S/C5H7ClIN/c6-4-1-2-7-3-5(4)8/h1-2,5H,3,8H2. The SMILES string of the molecule is NC1CI=CC=C1Cl. The van der Waals surface area contributed by atoms with E-state index in [2.05, 4.69) is 4.01 Å². The minimum Gasteiger partial charge on any atom is -0.323 e. The van der Waals surface area contributed by atoms with Crippen LogP contribution >= 0.6 is 32.3 Å². The summed E-state index contributed by atoms with van der Waals surface area (Å²) in [4.78, 5) is 0. The van der Waals surface area contributed by atoms with Crippen molar-refractivity contribution in [3.05, 3.63) is 11.1 Å². The molecular weight excluding hydrogens is 236 g/mol. The predicted molar refractivity (Wildman–Crippen MR) is 46.9 cm³/mol. The molecule has 0 aromatic heterocycles. The lowest BCUT2D eigenvalue weighted by Gasteiger charge is -2.08. The molecule has 0 aliphatic carbocycles. The number of nitrogens with two attached hydrogens (primary N) is 1. The molecule has 1 heterocycles. The van der Waals surface area contributed by atoms with E-state index in [1.807, 2.05) is 6.08 Å². The second-order valence-electron chi connectivity index (χ2n) is 1.59. The second kappa shape index (κ2) is 2.94. The van der Waals surface area contributed by atoms with Crippen molar-refractivity contribution in [2.45, 2.75) is 6.04 Å². The van der Waals surface area contributed by atoms with Gasteiger partial charge in [-0.2, -0.15) is 0 Å². The first-order valence-electron chi connectivity index (χ1n) is 2.33. The van der Waals surface area contributed by atoms with Crippen LogP contribution in [0.3, 0.4) is 0 Å². The van der Waals surface area contributed by atoms with Crippen molar-refractivity contribution >= 4 is 36.3 Å². The van der Waals surface area contributed by atoms with E-state index < -0.39 is 0 Å². The van der Waals surface area contributed by atoms with Gasteiger partial charge < -0.3 is 5.73 Å². The highest BCUT2D eigenvalue weighted by Crippen LogP contribution is 2.14. The average molecular weight is 243 g/mol. The zero-order valence-electron chi connectivity index (χ0n) is 4.27. The summed E-state index contributed by atoms with van der Waals surface area (Å²) >= 11 is 5.93. The first-order chi connectivity index (χ1) is 3.80. The second-order valence-corrected chi connectivity index (χ2v) is 4.51. The van der Waals surface area contributed by atoms with Crippen LogP contribution in [-0.4, -0.2) is 14.5 Å². The van der Waals surface area contributed by atoms with Gasteiger partial charge in [0.2, 0.25) is 0 Å². The van der Waals surface area contributed by atoms with E-state index in [0.717, 1.165) is 9.46 Å². The van der Waals surface area contributed by atoms with Gasteiger partial charge in [0.05, 0.1) is 0 Å². The summed E-state index contributed by atoms with van der Waals surface area (Å²) in [6, 6.07) is 0.148. The average Bonchev–Trinajstić information content (AvgIpc) is 1.77. The van der Waals surface area contributed by atoms with Gasteiger partial charge in [0, 0.05) is 15.5 Å². The minimum absolute atomic E-state index is 0.148. The third-order valence-electron chi connectivity index (χ3n) is 0.921. The van der Waals surface area contributed by atoms with Gasteiger partial charge in [0.15, 0.2) is 0 Å². The normalized spacial score (nSPS) is 28.8. The Morgan fingerprint density at radius 2 is 2.62 bits per heavy atom. The Kier molecular flexibility index (Phi) is 2.46. The van der Waals surface area contributed by atoms with E-state index in [4.69, 9.17) is 17.3 Å². The molecule has 8 heavy (non-hydrogen) atoms. The molecule has 0 aromatic rings.